The fourth-order valence-electron chi connectivity index (χ4n) is 1.18. The number of aryl methyl sites for hydroxylation is 1. The van der Waals surface area contributed by atoms with Crippen LogP contribution >= 0.6 is 0 Å². The molecule has 1 rings (SSSR count). The van der Waals surface area contributed by atoms with Crippen LogP contribution in [0.5, 0.6) is 0 Å². The van der Waals surface area contributed by atoms with E-state index in [0.29, 0.717) is 11.3 Å². The molecule has 0 saturated heterocycles. The molecule has 4 N–H and O–H groups in total. The van der Waals surface area contributed by atoms with E-state index in [1.165, 1.54) is 5.01 Å². The average molecular weight is 233 g/mol. The van der Waals surface area contributed by atoms with Gasteiger partial charge in [-0.3, -0.25) is 5.10 Å². The topological polar surface area (TPSA) is 104 Å². The molecule has 0 atom stereocenters. The summed E-state index contributed by atoms with van der Waals surface area (Å²) in [5, 5.41) is 7.62. The van der Waals surface area contributed by atoms with Gasteiger partial charge < -0.3 is 5.73 Å². The predicted molar refractivity (Wildman–Crippen MR) is 55.2 cm³/mol. The maximum Gasteiger partial charge on any atom is 0.273 e. The van der Waals surface area contributed by atoms with E-state index in [4.69, 9.17) is 5.73 Å². The zero-order valence-electron chi connectivity index (χ0n) is 8.90. The van der Waals surface area contributed by atoms with Gasteiger partial charge in [-0.2, -0.15) is 5.10 Å². The molecule has 0 radical (unpaired) electrons. The summed E-state index contributed by atoms with van der Waals surface area (Å²) in [6.07, 6.45) is 0. The standard InChI is InChI=1S/C7H15N5O2S/c1-5-6(4-8)7(10-9-5)15(13,14)11-12(2)3/h11H,4,8H2,1-3H3,(H,9,10). The van der Waals surface area contributed by atoms with Crippen LogP contribution in [0.25, 0.3) is 0 Å². The Morgan fingerprint density at radius 1 is 1.53 bits per heavy atom. The number of hydrogen-bond acceptors (Lipinski definition) is 5. The zero-order chi connectivity index (χ0) is 11.6. The highest BCUT2D eigenvalue weighted by atomic mass is 32.2. The van der Waals surface area contributed by atoms with Crippen molar-refractivity contribution in [2.45, 2.75) is 18.5 Å². The summed E-state index contributed by atoms with van der Waals surface area (Å²) < 4.78 is 23.5. The van der Waals surface area contributed by atoms with Crippen molar-refractivity contribution in [1.29, 1.82) is 0 Å². The minimum absolute atomic E-state index is 0.0452. The molecule has 1 heterocycles. The molecule has 8 heteroatoms. The molecule has 0 aliphatic carbocycles. The quantitative estimate of drug-likeness (QED) is 0.575. The van der Waals surface area contributed by atoms with Gasteiger partial charge in [-0.05, 0) is 6.92 Å². The third kappa shape index (κ3) is 2.53. The molecule has 0 fully saturated rings. The summed E-state index contributed by atoms with van der Waals surface area (Å²) in [5.41, 5.74) is 6.63. The number of hydrazine groups is 1. The molecule has 86 valence electrons. The van der Waals surface area contributed by atoms with Crippen molar-refractivity contribution < 1.29 is 8.42 Å². The second kappa shape index (κ2) is 4.27. The molecule has 0 spiro atoms. The van der Waals surface area contributed by atoms with E-state index in [2.05, 4.69) is 15.0 Å². The van der Waals surface area contributed by atoms with Gasteiger partial charge in [0.1, 0.15) is 0 Å². The van der Waals surface area contributed by atoms with Crippen LogP contribution in [-0.2, 0) is 16.6 Å². The lowest BCUT2D eigenvalue weighted by molar-refractivity contribution is 0.363. The highest BCUT2D eigenvalue weighted by Crippen LogP contribution is 2.14. The van der Waals surface area contributed by atoms with Crippen LogP contribution in [0, 0.1) is 6.92 Å². The third-order valence-corrected chi connectivity index (χ3v) is 3.25. The highest BCUT2D eigenvalue weighted by molar-refractivity contribution is 7.89. The van der Waals surface area contributed by atoms with E-state index in [1.54, 1.807) is 21.0 Å². The van der Waals surface area contributed by atoms with Gasteiger partial charge in [0.25, 0.3) is 10.0 Å². The van der Waals surface area contributed by atoms with E-state index in [9.17, 15) is 8.42 Å². The number of sulfonamides is 1. The molecule has 0 unspecified atom stereocenters. The van der Waals surface area contributed by atoms with Crippen LogP contribution < -0.4 is 10.6 Å². The van der Waals surface area contributed by atoms with Crippen LogP contribution in [0.2, 0.25) is 0 Å². The number of hydrogen-bond donors (Lipinski definition) is 3. The Balaban J connectivity index is 3.15. The molecule has 0 aliphatic heterocycles. The maximum absolute atomic E-state index is 11.7. The summed E-state index contributed by atoms with van der Waals surface area (Å²) in [6.45, 7) is 1.86. The Bertz CT molecular complexity index is 436. The Labute approximate surface area is 88.7 Å². The largest absolute Gasteiger partial charge is 0.326 e. The fourth-order valence-corrected chi connectivity index (χ4v) is 2.47. The van der Waals surface area contributed by atoms with E-state index >= 15 is 0 Å². The zero-order valence-corrected chi connectivity index (χ0v) is 9.72. The van der Waals surface area contributed by atoms with Gasteiger partial charge in [0.05, 0.1) is 0 Å². The first kappa shape index (κ1) is 12.1. The second-order valence-corrected chi connectivity index (χ2v) is 4.90. The Morgan fingerprint density at radius 3 is 2.60 bits per heavy atom. The monoisotopic (exact) mass is 233 g/mol. The van der Waals surface area contributed by atoms with Crippen LogP contribution in [0.15, 0.2) is 5.03 Å². The van der Waals surface area contributed by atoms with Crippen molar-refractivity contribution in [2.24, 2.45) is 5.73 Å². The highest BCUT2D eigenvalue weighted by Gasteiger charge is 2.23. The Morgan fingerprint density at radius 2 is 2.13 bits per heavy atom. The van der Waals surface area contributed by atoms with E-state index in [-0.39, 0.29) is 11.6 Å². The minimum atomic E-state index is -3.63. The number of aromatic amines is 1. The first-order valence-electron chi connectivity index (χ1n) is 4.32. The van der Waals surface area contributed by atoms with Crippen molar-refractivity contribution in [2.75, 3.05) is 14.1 Å². The minimum Gasteiger partial charge on any atom is -0.326 e. The summed E-state index contributed by atoms with van der Waals surface area (Å²) in [4.78, 5) is 2.29. The summed E-state index contributed by atoms with van der Waals surface area (Å²) in [6, 6.07) is 0. The first-order valence-corrected chi connectivity index (χ1v) is 5.80. The number of nitrogens with zero attached hydrogens (tertiary/aromatic N) is 2. The van der Waals surface area contributed by atoms with Gasteiger partial charge in [-0.25, -0.2) is 13.4 Å². The average Bonchev–Trinajstić information content (AvgIpc) is 2.44. The molecular weight excluding hydrogens is 218 g/mol. The lowest BCUT2D eigenvalue weighted by Crippen LogP contribution is -2.36. The fraction of sp³-hybridized carbons (Fsp3) is 0.571. The summed E-state index contributed by atoms with van der Waals surface area (Å²) >= 11 is 0. The van der Waals surface area contributed by atoms with Crippen LogP contribution in [-0.4, -0.2) is 37.7 Å². The molecule has 15 heavy (non-hydrogen) atoms. The third-order valence-electron chi connectivity index (χ3n) is 1.80. The van der Waals surface area contributed by atoms with Crippen LogP contribution in [0.3, 0.4) is 0 Å². The maximum atomic E-state index is 11.7. The predicted octanol–water partition coefficient (Wildman–Crippen LogP) is -1.07. The van der Waals surface area contributed by atoms with Crippen molar-refractivity contribution in [3.63, 3.8) is 0 Å². The van der Waals surface area contributed by atoms with Gasteiger partial charge in [-0.1, -0.05) is 0 Å². The Kier molecular flexibility index (Phi) is 3.45. The molecule has 0 aromatic carbocycles. The second-order valence-electron chi connectivity index (χ2n) is 3.33. The van der Waals surface area contributed by atoms with Gasteiger partial charge in [0.15, 0.2) is 5.03 Å². The number of nitrogens with one attached hydrogen (secondary N) is 2. The van der Waals surface area contributed by atoms with Crippen molar-refractivity contribution in [3.05, 3.63) is 11.3 Å². The Hall–Kier alpha value is -0.960. The molecule has 0 amide bonds. The molecule has 0 bridgehead atoms. The summed E-state index contributed by atoms with van der Waals surface area (Å²) in [7, 11) is -0.463. The lowest BCUT2D eigenvalue weighted by Gasteiger charge is -2.11. The van der Waals surface area contributed by atoms with Gasteiger partial charge in [0.2, 0.25) is 0 Å². The van der Waals surface area contributed by atoms with Crippen LogP contribution in [0.1, 0.15) is 11.3 Å². The molecule has 0 saturated carbocycles. The van der Waals surface area contributed by atoms with Gasteiger partial charge >= 0.3 is 0 Å². The normalized spacial score (nSPS) is 12.3. The van der Waals surface area contributed by atoms with Crippen LogP contribution in [0.4, 0.5) is 0 Å². The first-order chi connectivity index (χ1) is 6.88. The smallest absolute Gasteiger partial charge is 0.273 e. The van der Waals surface area contributed by atoms with Crippen molar-refractivity contribution in [3.8, 4) is 0 Å². The van der Waals surface area contributed by atoms with E-state index < -0.39 is 10.0 Å². The van der Waals surface area contributed by atoms with Gasteiger partial charge in [0, 0.05) is 31.9 Å². The van der Waals surface area contributed by atoms with E-state index in [0.717, 1.165) is 0 Å². The SMILES string of the molecule is Cc1[nH]nc(S(=O)(=O)NN(C)C)c1CN. The number of H-pyrrole nitrogens is 1. The van der Waals surface area contributed by atoms with Gasteiger partial charge in [-0.15, -0.1) is 4.83 Å². The molecule has 0 aliphatic rings. The number of aromatic nitrogens is 2. The lowest BCUT2D eigenvalue weighted by atomic mass is 10.3. The number of rotatable bonds is 4. The number of nitrogens with two attached hydrogens (primary N) is 1. The molecule has 7 nitrogen and oxygen atoms in total. The summed E-state index contributed by atoms with van der Waals surface area (Å²) in [5.74, 6) is 0. The van der Waals surface area contributed by atoms with E-state index in [1.807, 2.05) is 0 Å². The molecule has 1 aromatic heterocycles. The van der Waals surface area contributed by atoms with Crippen molar-refractivity contribution >= 4 is 10.0 Å². The van der Waals surface area contributed by atoms with Crippen molar-refractivity contribution in [1.82, 2.24) is 20.0 Å². The molecule has 1 aromatic rings. The molecular formula is C7H15N5O2S.